The molecule has 0 aliphatic carbocycles. The number of aryl methyl sites for hydroxylation is 2. The fraction of sp³-hybridized carbons (Fsp3) is 0.200. The molecule has 8 heteroatoms. The molecular formula is C25H24N4O3S. The fourth-order valence-corrected chi connectivity index (χ4v) is 4.79. The summed E-state index contributed by atoms with van der Waals surface area (Å²) < 4.78 is 7.50. The van der Waals surface area contributed by atoms with E-state index in [1.165, 1.54) is 11.3 Å². The van der Waals surface area contributed by atoms with Crippen LogP contribution in [0.3, 0.4) is 0 Å². The first kappa shape index (κ1) is 22.4. The summed E-state index contributed by atoms with van der Waals surface area (Å²) in [5.41, 5.74) is 7.04. The number of carboxylic acid groups (broad SMARTS) is 1. The van der Waals surface area contributed by atoms with Crippen molar-refractivity contribution in [1.82, 2.24) is 19.7 Å². The number of hydrogen-bond donors (Lipinski definition) is 1. The second kappa shape index (κ2) is 8.63. The molecule has 1 N–H and O–H groups in total. The minimum Gasteiger partial charge on any atom is -0.477 e. The van der Waals surface area contributed by atoms with Crippen LogP contribution in [0.1, 0.15) is 47.2 Å². The first-order chi connectivity index (χ1) is 15.4. The second-order valence-electron chi connectivity index (χ2n) is 7.68. The Morgan fingerprint density at radius 1 is 1.18 bits per heavy atom. The zero-order chi connectivity index (χ0) is 22.4. The van der Waals surface area contributed by atoms with Crippen molar-refractivity contribution in [3.63, 3.8) is 0 Å². The maximum atomic E-state index is 11.4. The Bertz CT molecular complexity index is 1430. The fourth-order valence-electron chi connectivity index (χ4n) is 4.05. The van der Waals surface area contributed by atoms with Crippen LogP contribution in [-0.4, -0.2) is 30.8 Å². The van der Waals surface area contributed by atoms with Crippen molar-refractivity contribution in [2.45, 2.75) is 34.2 Å². The first-order valence-corrected chi connectivity index (χ1v) is 11.0. The van der Waals surface area contributed by atoms with E-state index in [0.29, 0.717) is 4.88 Å². The molecule has 0 bridgehead atoms. The quantitative estimate of drug-likeness (QED) is 0.327. The number of thiophene rings is 1. The summed E-state index contributed by atoms with van der Waals surface area (Å²) in [5, 5.41) is 15.3. The van der Waals surface area contributed by atoms with Gasteiger partial charge in [0.15, 0.2) is 0 Å². The maximum Gasteiger partial charge on any atom is 0.345 e. The van der Waals surface area contributed by atoms with Crippen LogP contribution in [-0.2, 0) is 0 Å². The van der Waals surface area contributed by atoms with Crippen LogP contribution < -0.4 is 0 Å². The molecule has 0 aliphatic heterocycles. The summed E-state index contributed by atoms with van der Waals surface area (Å²) >= 11 is 1.21. The predicted octanol–water partition coefficient (Wildman–Crippen LogP) is 6.38. The maximum absolute atomic E-state index is 11.4. The molecule has 7 nitrogen and oxygen atoms in total. The molecule has 0 saturated heterocycles. The molecule has 0 radical (unpaired) electrons. The average Bonchev–Trinajstić information content (AvgIpc) is 3.50. The lowest BCUT2D eigenvalue weighted by Gasteiger charge is -2.15. The number of aromatic carboxylic acids is 1. The highest BCUT2D eigenvalue weighted by atomic mass is 32.1. The molecule has 0 aromatic carbocycles. The molecule has 5 heterocycles. The van der Waals surface area contributed by atoms with Gasteiger partial charge < -0.3 is 14.2 Å². The van der Waals surface area contributed by atoms with Gasteiger partial charge in [-0.1, -0.05) is 18.6 Å². The van der Waals surface area contributed by atoms with E-state index < -0.39 is 5.97 Å². The Morgan fingerprint density at radius 3 is 2.64 bits per heavy atom. The van der Waals surface area contributed by atoms with Gasteiger partial charge in [0.2, 0.25) is 0 Å². The number of pyridine rings is 2. The Morgan fingerprint density at radius 2 is 2.00 bits per heavy atom. The SMILES string of the molecule is C.Cc1noc(C)c1-c1cnc2c(-c3csc(C(=O)O)c3)cn([C@@H](C)c3ccccn3)c2c1. The summed E-state index contributed by atoms with van der Waals surface area (Å²) in [4.78, 5) is 21.0. The van der Waals surface area contributed by atoms with Crippen molar-refractivity contribution in [3.8, 4) is 22.3 Å². The van der Waals surface area contributed by atoms with Gasteiger partial charge in [-0.2, -0.15) is 0 Å². The van der Waals surface area contributed by atoms with Crippen molar-refractivity contribution in [3.05, 3.63) is 76.3 Å². The van der Waals surface area contributed by atoms with Crippen molar-refractivity contribution in [1.29, 1.82) is 0 Å². The van der Waals surface area contributed by atoms with Crippen LogP contribution in [0.4, 0.5) is 0 Å². The van der Waals surface area contributed by atoms with Crippen molar-refractivity contribution >= 4 is 28.3 Å². The van der Waals surface area contributed by atoms with Gasteiger partial charge in [-0.3, -0.25) is 9.97 Å². The Kier molecular flexibility index (Phi) is 5.86. The highest BCUT2D eigenvalue weighted by molar-refractivity contribution is 7.12. The van der Waals surface area contributed by atoms with Crippen LogP contribution in [0.5, 0.6) is 0 Å². The third-order valence-electron chi connectivity index (χ3n) is 5.65. The molecule has 0 fully saturated rings. The van der Waals surface area contributed by atoms with E-state index in [0.717, 1.165) is 50.4 Å². The summed E-state index contributed by atoms with van der Waals surface area (Å²) in [5.74, 6) is -0.191. The van der Waals surface area contributed by atoms with E-state index in [1.807, 2.05) is 49.8 Å². The number of aromatic nitrogens is 4. The van der Waals surface area contributed by atoms with Gasteiger partial charge in [-0.15, -0.1) is 11.3 Å². The molecule has 33 heavy (non-hydrogen) atoms. The minimum atomic E-state index is -0.930. The van der Waals surface area contributed by atoms with Crippen LogP contribution in [0.25, 0.3) is 33.3 Å². The van der Waals surface area contributed by atoms with Crippen LogP contribution in [0, 0.1) is 13.8 Å². The Labute approximate surface area is 195 Å². The summed E-state index contributed by atoms with van der Waals surface area (Å²) in [6.07, 6.45) is 5.63. The van der Waals surface area contributed by atoms with Gasteiger partial charge in [0.05, 0.1) is 28.5 Å². The molecule has 0 amide bonds. The lowest BCUT2D eigenvalue weighted by Crippen LogP contribution is -2.07. The summed E-state index contributed by atoms with van der Waals surface area (Å²) in [6, 6.07) is 9.59. The normalized spacial score (nSPS) is 12.0. The van der Waals surface area contributed by atoms with Crippen molar-refractivity contribution < 1.29 is 14.4 Å². The van der Waals surface area contributed by atoms with E-state index in [1.54, 1.807) is 12.3 Å². The van der Waals surface area contributed by atoms with Crippen LogP contribution in [0.15, 0.2) is 58.8 Å². The molecule has 0 saturated carbocycles. The molecule has 5 aromatic rings. The molecule has 5 rings (SSSR count). The van der Waals surface area contributed by atoms with E-state index in [2.05, 4.69) is 27.7 Å². The molecule has 168 valence electrons. The lowest BCUT2D eigenvalue weighted by molar-refractivity contribution is 0.0702. The van der Waals surface area contributed by atoms with Gasteiger partial charge in [0.1, 0.15) is 10.6 Å². The number of carbonyl (C=O) groups is 1. The van der Waals surface area contributed by atoms with Gasteiger partial charge >= 0.3 is 5.97 Å². The highest BCUT2D eigenvalue weighted by Crippen LogP contribution is 2.37. The Hall–Kier alpha value is -3.78. The number of hydrogen-bond acceptors (Lipinski definition) is 6. The average molecular weight is 461 g/mol. The standard InChI is InChI=1S/C24H20N4O3S.CH4/c1-13-22(15(3)31-27-13)16-8-20-23(26-10-16)18(17-9-21(24(29)30)32-12-17)11-28(20)14(2)19-6-4-5-7-25-19;/h4-12,14H,1-3H3,(H,29,30);1H4/t14-;/m0./s1. The largest absolute Gasteiger partial charge is 0.477 e. The Balaban J connectivity index is 0.00000259. The smallest absolute Gasteiger partial charge is 0.345 e. The molecule has 0 aliphatic rings. The first-order valence-electron chi connectivity index (χ1n) is 10.1. The second-order valence-corrected chi connectivity index (χ2v) is 8.59. The lowest BCUT2D eigenvalue weighted by atomic mass is 10.0. The van der Waals surface area contributed by atoms with Gasteiger partial charge in [0.25, 0.3) is 0 Å². The number of rotatable bonds is 5. The van der Waals surface area contributed by atoms with Gasteiger partial charge in [-0.25, -0.2) is 4.79 Å². The van der Waals surface area contributed by atoms with E-state index in [9.17, 15) is 9.90 Å². The number of fused-ring (bicyclic) bond motifs is 1. The molecule has 0 spiro atoms. The van der Waals surface area contributed by atoms with Crippen molar-refractivity contribution in [2.75, 3.05) is 0 Å². The zero-order valence-corrected chi connectivity index (χ0v) is 18.6. The molecule has 0 unspecified atom stereocenters. The van der Waals surface area contributed by atoms with Crippen molar-refractivity contribution in [2.24, 2.45) is 0 Å². The van der Waals surface area contributed by atoms with Crippen LogP contribution >= 0.6 is 11.3 Å². The third kappa shape index (κ3) is 3.82. The molecular weight excluding hydrogens is 436 g/mol. The minimum absolute atomic E-state index is 0. The molecule has 1 atom stereocenters. The predicted molar refractivity (Wildman–Crippen MR) is 130 cm³/mol. The molecule has 5 aromatic heterocycles. The van der Waals surface area contributed by atoms with Gasteiger partial charge in [-0.05, 0) is 56.0 Å². The summed E-state index contributed by atoms with van der Waals surface area (Å²) in [7, 11) is 0. The van der Waals surface area contributed by atoms with Crippen LogP contribution in [0.2, 0.25) is 0 Å². The van der Waals surface area contributed by atoms with E-state index in [4.69, 9.17) is 9.51 Å². The van der Waals surface area contributed by atoms with Gasteiger partial charge in [0, 0.05) is 35.3 Å². The topological polar surface area (TPSA) is 94.0 Å². The number of nitrogens with zero attached hydrogens (tertiary/aromatic N) is 4. The summed E-state index contributed by atoms with van der Waals surface area (Å²) in [6.45, 7) is 5.89. The van der Waals surface area contributed by atoms with E-state index >= 15 is 0 Å². The third-order valence-corrected chi connectivity index (χ3v) is 6.56. The highest BCUT2D eigenvalue weighted by Gasteiger charge is 2.21. The monoisotopic (exact) mass is 460 g/mol. The zero-order valence-electron chi connectivity index (χ0n) is 17.7. The van der Waals surface area contributed by atoms with E-state index in [-0.39, 0.29) is 13.5 Å². The number of carboxylic acids is 1.